The standard InChI is InChI=1S/C22H23N5/c1-2-5-18(6-3-1)19-7-9-20(10-8-19)22-21(16-25-26-22)15-23-11-4-13-27-14-12-24-17-27/h1-3,5-10,12,14,16-17,23H,4,11,13,15H2,(H,25,26). The normalized spacial score (nSPS) is 11.0. The van der Waals surface area contributed by atoms with Crippen LogP contribution < -0.4 is 5.32 Å². The smallest absolute Gasteiger partial charge is 0.0945 e. The number of nitrogens with one attached hydrogen (secondary N) is 2. The van der Waals surface area contributed by atoms with E-state index in [-0.39, 0.29) is 0 Å². The molecule has 4 aromatic rings. The Kier molecular flexibility index (Phi) is 5.41. The lowest BCUT2D eigenvalue weighted by Crippen LogP contribution is -2.16. The predicted octanol–water partition coefficient (Wildman–Crippen LogP) is 4.12. The molecule has 0 aliphatic carbocycles. The minimum absolute atomic E-state index is 0.802. The van der Waals surface area contributed by atoms with Gasteiger partial charge in [0.05, 0.1) is 18.2 Å². The highest BCUT2D eigenvalue weighted by Gasteiger charge is 2.08. The molecular formula is C22H23N5. The lowest BCUT2D eigenvalue weighted by Gasteiger charge is -2.07. The number of benzene rings is 2. The van der Waals surface area contributed by atoms with Crippen LogP contribution in [0.25, 0.3) is 22.4 Å². The van der Waals surface area contributed by atoms with Crippen LogP contribution in [-0.4, -0.2) is 26.3 Å². The van der Waals surface area contributed by atoms with E-state index < -0.39 is 0 Å². The maximum Gasteiger partial charge on any atom is 0.0945 e. The van der Waals surface area contributed by atoms with Crippen LogP contribution in [0.4, 0.5) is 0 Å². The lowest BCUT2D eigenvalue weighted by molar-refractivity contribution is 0.581. The van der Waals surface area contributed by atoms with Crippen LogP contribution in [-0.2, 0) is 13.1 Å². The summed E-state index contributed by atoms with van der Waals surface area (Å²) in [4.78, 5) is 4.06. The minimum Gasteiger partial charge on any atom is -0.337 e. The molecule has 4 rings (SSSR count). The number of nitrogens with zero attached hydrogens (tertiary/aromatic N) is 3. The van der Waals surface area contributed by atoms with Crippen molar-refractivity contribution in [3.8, 4) is 22.4 Å². The Balaban J connectivity index is 1.35. The van der Waals surface area contributed by atoms with Gasteiger partial charge in [-0.15, -0.1) is 0 Å². The summed E-state index contributed by atoms with van der Waals surface area (Å²) >= 11 is 0. The van der Waals surface area contributed by atoms with Crippen molar-refractivity contribution < 1.29 is 0 Å². The van der Waals surface area contributed by atoms with Crippen LogP contribution in [0.3, 0.4) is 0 Å². The number of H-pyrrole nitrogens is 1. The summed E-state index contributed by atoms with van der Waals surface area (Å²) in [5, 5.41) is 10.9. The fraction of sp³-hybridized carbons (Fsp3) is 0.182. The summed E-state index contributed by atoms with van der Waals surface area (Å²) in [5.74, 6) is 0. The SMILES string of the molecule is c1ccc(-c2ccc(-c3[nH]ncc3CNCCCn3ccnc3)cc2)cc1. The van der Waals surface area contributed by atoms with Crippen molar-refractivity contribution in [1.29, 1.82) is 0 Å². The molecule has 2 heterocycles. The van der Waals surface area contributed by atoms with Gasteiger partial charge in [0.25, 0.3) is 0 Å². The van der Waals surface area contributed by atoms with Gasteiger partial charge in [0.1, 0.15) is 0 Å². The number of hydrogen-bond acceptors (Lipinski definition) is 3. The second-order valence-corrected chi connectivity index (χ2v) is 6.54. The molecule has 136 valence electrons. The monoisotopic (exact) mass is 357 g/mol. The highest BCUT2D eigenvalue weighted by Crippen LogP contribution is 2.25. The zero-order chi connectivity index (χ0) is 18.3. The highest BCUT2D eigenvalue weighted by atomic mass is 15.1. The molecule has 2 N–H and O–H groups in total. The van der Waals surface area contributed by atoms with Crippen molar-refractivity contribution in [2.24, 2.45) is 0 Å². The van der Waals surface area contributed by atoms with Crippen LogP contribution in [0.5, 0.6) is 0 Å². The van der Waals surface area contributed by atoms with E-state index in [1.165, 1.54) is 16.7 Å². The van der Waals surface area contributed by atoms with Gasteiger partial charge in [0, 0.05) is 31.0 Å². The third kappa shape index (κ3) is 4.33. The third-order valence-electron chi connectivity index (χ3n) is 4.64. The molecule has 0 unspecified atom stereocenters. The van der Waals surface area contributed by atoms with Gasteiger partial charge < -0.3 is 9.88 Å². The Morgan fingerprint density at radius 3 is 2.48 bits per heavy atom. The van der Waals surface area contributed by atoms with Crippen LogP contribution >= 0.6 is 0 Å². The van der Waals surface area contributed by atoms with Gasteiger partial charge in [-0.05, 0) is 29.7 Å². The van der Waals surface area contributed by atoms with Crippen molar-refractivity contribution >= 4 is 0 Å². The van der Waals surface area contributed by atoms with E-state index in [0.29, 0.717) is 0 Å². The van der Waals surface area contributed by atoms with Crippen molar-refractivity contribution in [1.82, 2.24) is 25.1 Å². The molecule has 2 aromatic heterocycles. The molecule has 0 radical (unpaired) electrons. The maximum atomic E-state index is 4.24. The molecule has 0 bridgehead atoms. The number of aromatic nitrogens is 4. The number of aryl methyl sites for hydroxylation is 1. The molecule has 0 spiro atoms. The van der Waals surface area contributed by atoms with Gasteiger partial charge in [-0.1, -0.05) is 54.6 Å². The van der Waals surface area contributed by atoms with Gasteiger partial charge >= 0.3 is 0 Å². The number of aromatic amines is 1. The molecule has 5 heteroatoms. The first-order valence-electron chi connectivity index (χ1n) is 9.25. The van der Waals surface area contributed by atoms with Crippen molar-refractivity contribution in [3.63, 3.8) is 0 Å². The van der Waals surface area contributed by atoms with E-state index in [2.05, 4.69) is 73.6 Å². The van der Waals surface area contributed by atoms with E-state index >= 15 is 0 Å². The fourth-order valence-electron chi connectivity index (χ4n) is 3.18. The molecule has 0 aliphatic rings. The summed E-state index contributed by atoms with van der Waals surface area (Å²) in [5.41, 5.74) is 5.87. The molecule has 0 fully saturated rings. The Hall–Kier alpha value is -3.18. The molecule has 0 aliphatic heterocycles. The average Bonchev–Trinajstić information content (AvgIpc) is 3.41. The summed E-state index contributed by atoms with van der Waals surface area (Å²) in [6, 6.07) is 19.0. The summed E-state index contributed by atoms with van der Waals surface area (Å²) in [6.07, 6.45) is 8.63. The van der Waals surface area contributed by atoms with Crippen molar-refractivity contribution in [2.75, 3.05) is 6.54 Å². The van der Waals surface area contributed by atoms with E-state index in [4.69, 9.17) is 0 Å². The molecule has 0 saturated heterocycles. The van der Waals surface area contributed by atoms with Gasteiger partial charge in [0.2, 0.25) is 0 Å². The largest absolute Gasteiger partial charge is 0.337 e. The second kappa shape index (κ2) is 8.47. The summed E-state index contributed by atoms with van der Waals surface area (Å²) < 4.78 is 2.10. The second-order valence-electron chi connectivity index (χ2n) is 6.54. The van der Waals surface area contributed by atoms with E-state index in [1.807, 2.05) is 31.0 Å². The number of hydrogen-bond donors (Lipinski definition) is 2. The first-order chi connectivity index (χ1) is 13.4. The zero-order valence-corrected chi connectivity index (χ0v) is 15.2. The van der Waals surface area contributed by atoms with Crippen molar-refractivity contribution in [2.45, 2.75) is 19.5 Å². The fourth-order valence-corrected chi connectivity index (χ4v) is 3.18. The third-order valence-corrected chi connectivity index (χ3v) is 4.64. The van der Waals surface area contributed by atoms with Gasteiger partial charge in [-0.25, -0.2) is 4.98 Å². The Morgan fingerprint density at radius 1 is 0.926 bits per heavy atom. The summed E-state index contributed by atoms with van der Waals surface area (Å²) in [6.45, 7) is 2.73. The number of imidazole rings is 1. The molecule has 0 saturated carbocycles. The van der Waals surface area contributed by atoms with Crippen LogP contribution in [0, 0.1) is 0 Å². The topological polar surface area (TPSA) is 58.5 Å². The minimum atomic E-state index is 0.802. The molecule has 0 atom stereocenters. The van der Waals surface area contributed by atoms with Crippen LogP contribution in [0.1, 0.15) is 12.0 Å². The quantitative estimate of drug-likeness (QED) is 0.466. The van der Waals surface area contributed by atoms with E-state index in [0.717, 1.165) is 37.3 Å². The number of rotatable bonds is 8. The first kappa shape index (κ1) is 17.2. The molecule has 5 nitrogen and oxygen atoms in total. The highest BCUT2D eigenvalue weighted by molar-refractivity contribution is 5.69. The van der Waals surface area contributed by atoms with Crippen LogP contribution in [0.15, 0.2) is 79.5 Å². The van der Waals surface area contributed by atoms with Gasteiger partial charge in [-0.2, -0.15) is 5.10 Å². The van der Waals surface area contributed by atoms with E-state index in [9.17, 15) is 0 Å². The average molecular weight is 357 g/mol. The zero-order valence-electron chi connectivity index (χ0n) is 15.2. The van der Waals surface area contributed by atoms with Gasteiger partial charge in [0.15, 0.2) is 0 Å². The van der Waals surface area contributed by atoms with Gasteiger partial charge in [-0.3, -0.25) is 5.10 Å². The maximum absolute atomic E-state index is 4.24. The Labute approximate surface area is 159 Å². The molecule has 2 aromatic carbocycles. The lowest BCUT2D eigenvalue weighted by atomic mass is 10.0. The first-order valence-corrected chi connectivity index (χ1v) is 9.25. The molecular weight excluding hydrogens is 334 g/mol. The summed E-state index contributed by atoms with van der Waals surface area (Å²) in [7, 11) is 0. The molecule has 27 heavy (non-hydrogen) atoms. The van der Waals surface area contributed by atoms with Crippen LogP contribution in [0.2, 0.25) is 0 Å². The Bertz CT molecular complexity index is 940. The molecule has 0 amide bonds. The Morgan fingerprint density at radius 2 is 1.70 bits per heavy atom. The van der Waals surface area contributed by atoms with E-state index in [1.54, 1.807) is 0 Å². The predicted molar refractivity (Wildman–Crippen MR) is 108 cm³/mol. The van der Waals surface area contributed by atoms with Crippen molar-refractivity contribution in [3.05, 3.63) is 85.1 Å².